The lowest BCUT2D eigenvalue weighted by Crippen LogP contribution is -2.65. The average molecular weight is 974 g/mol. The third-order valence-electron chi connectivity index (χ3n) is 13.3. The number of hydrogen-bond acceptors (Lipinski definition) is 10. The molecule has 10 atom stereocenters. The number of hydrogen-bond donors (Lipinski definition) is 0. The Morgan fingerprint density at radius 3 is 1.10 bits per heavy atom. The van der Waals surface area contributed by atoms with Crippen LogP contribution in [-0.2, 0) is 87.0 Å². The Kier molecular flexibility index (Phi) is 18.6. The number of aryl methyl sites for hydroxylation is 2. The van der Waals surface area contributed by atoms with Crippen LogP contribution >= 0.6 is 0 Å². The van der Waals surface area contributed by atoms with Gasteiger partial charge in [-0.1, -0.05) is 182 Å². The van der Waals surface area contributed by atoms with Crippen molar-refractivity contribution in [3.63, 3.8) is 0 Å². The average Bonchev–Trinajstić information content (AvgIpc) is 3.76. The van der Waals surface area contributed by atoms with Crippen molar-refractivity contribution in [1.82, 2.24) is 4.57 Å². The Labute approximate surface area is 424 Å². The maximum absolute atomic E-state index is 7.66. The van der Waals surface area contributed by atoms with E-state index in [1.54, 1.807) is 7.11 Å². The molecule has 0 aliphatic carbocycles. The molecule has 0 bridgehead atoms. The Morgan fingerprint density at radius 2 is 0.694 bits per heavy atom. The van der Waals surface area contributed by atoms with Crippen molar-refractivity contribution in [2.45, 2.75) is 115 Å². The van der Waals surface area contributed by atoms with Gasteiger partial charge in [0.05, 0.1) is 52.9 Å². The number of methoxy groups -OCH3 is 1. The smallest absolute Gasteiger partial charge is 0.186 e. The van der Waals surface area contributed by atoms with Gasteiger partial charge in [-0.15, -0.1) is 0 Å². The predicted octanol–water partition coefficient (Wildman–Crippen LogP) is 10.9. The van der Waals surface area contributed by atoms with E-state index in [4.69, 9.17) is 47.4 Å². The summed E-state index contributed by atoms with van der Waals surface area (Å²) in [7, 11) is 1.63. The van der Waals surface area contributed by atoms with Crippen LogP contribution in [0.5, 0.6) is 0 Å². The Hall–Kier alpha value is -5.80. The van der Waals surface area contributed by atoms with Crippen LogP contribution in [0, 0.1) is 13.8 Å². The quantitative estimate of drug-likeness (QED) is 0.0582. The number of rotatable bonds is 24. The predicted molar refractivity (Wildman–Crippen MR) is 274 cm³/mol. The molecule has 2 fully saturated rings. The van der Waals surface area contributed by atoms with Gasteiger partial charge in [-0.05, 0) is 59.4 Å². The molecule has 7 aromatic rings. The van der Waals surface area contributed by atoms with E-state index in [-0.39, 0.29) is 26.4 Å². The fourth-order valence-electron chi connectivity index (χ4n) is 9.64. The molecule has 2 aliphatic rings. The molecule has 1 aromatic heterocycles. The van der Waals surface area contributed by atoms with Crippen molar-refractivity contribution in [3.8, 4) is 0 Å². The first-order valence-electron chi connectivity index (χ1n) is 25.0. The molecule has 9 rings (SSSR count). The molecule has 6 aromatic carbocycles. The maximum atomic E-state index is 7.66. The van der Waals surface area contributed by atoms with Crippen LogP contribution in [0.4, 0.5) is 0 Å². The van der Waals surface area contributed by atoms with Crippen molar-refractivity contribution >= 4 is 0 Å². The van der Waals surface area contributed by atoms with Crippen molar-refractivity contribution < 1.29 is 47.4 Å². The minimum Gasteiger partial charge on any atom is -0.374 e. The topological polar surface area (TPSA) is 97.2 Å². The summed E-state index contributed by atoms with van der Waals surface area (Å²) in [4.78, 5) is 0. The Morgan fingerprint density at radius 1 is 0.361 bits per heavy atom. The normalized spacial score (nSPS) is 24.3. The first kappa shape index (κ1) is 51.1. The summed E-state index contributed by atoms with van der Waals surface area (Å²) in [6, 6.07) is 64.4. The van der Waals surface area contributed by atoms with Crippen LogP contribution in [0.25, 0.3) is 0 Å². The molecule has 3 heterocycles. The van der Waals surface area contributed by atoms with Gasteiger partial charge in [0.15, 0.2) is 12.6 Å². The van der Waals surface area contributed by atoms with Gasteiger partial charge in [0.1, 0.15) is 48.8 Å². The van der Waals surface area contributed by atoms with E-state index in [1.807, 2.05) is 146 Å². The number of aromatic nitrogens is 1. The number of ether oxygens (including phenoxy) is 10. The van der Waals surface area contributed by atoms with E-state index < -0.39 is 61.3 Å². The fourth-order valence-corrected chi connectivity index (χ4v) is 9.64. The van der Waals surface area contributed by atoms with E-state index >= 15 is 0 Å². The molecule has 72 heavy (non-hydrogen) atoms. The molecular weight excluding hydrogens is 907 g/mol. The van der Waals surface area contributed by atoms with Gasteiger partial charge in [0, 0.05) is 18.5 Å². The molecule has 0 unspecified atom stereocenters. The lowest BCUT2D eigenvalue weighted by molar-refractivity contribution is -0.364. The molecular formula is C61H67NO10. The van der Waals surface area contributed by atoms with E-state index in [0.717, 1.165) is 44.8 Å². The zero-order chi connectivity index (χ0) is 49.3. The van der Waals surface area contributed by atoms with Gasteiger partial charge < -0.3 is 51.9 Å². The lowest BCUT2D eigenvalue weighted by Gasteiger charge is -2.51. The molecule has 0 N–H and O–H groups in total. The Bertz CT molecular complexity index is 2590. The van der Waals surface area contributed by atoms with Gasteiger partial charge in [-0.25, -0.2) is 0 Å². The second-order valence-electron chi connectivity index (χ2n) is 18.4. The third-order valence-corrected chi connectivity index (χ3v) is 13.3. The van der Waals surface area contributed by atoms with Gasteiger partial charge in [0.25, 0.3) is 0 Å². The summed E-state index contributed by atoms with van der Waals surface area (Å²) in [6.07, 6.45) is -6.75. The molecule has 0 spiro atoms. The van der Waals surface area contributed by atoms with E-state index in [0.29, 0.717) is 26.4 Å². The van der Waals surface area contributed by atoms with E-state index in [2.05, 4.69) is 66.9 Å². The van der Waals surface area contributed by atoms with Crippen LogP contribution < -0.4 is 0 Å². The van der Waals surface area contributed by atoms with Crippen LogP contribution in [-0.4, -0.2) is 80.2 Å². The van der Waals surface area contributed by atoms with Crippen molar-refractivity contribution in [1.29, 1.82) is 0 Å². The molecule has 2 aliphatic heterocycles. The molecule has 0 amide bonds. The van der Waals surface area contributed by atoms with Gasteiger partial charge in [-0.3, -0.25) is 0 Å². The second-order valence-corrected chi connectivity index (χ2v) is 18.4. The van der Waals surface area contributed by atoms with Crippen LogP contribution in [0.1, 0.15) is 50.8 Å². The van der Waals surface area contributed by atoms with E-state index in [1.165, 1.54) is 0 Å². The monoisotopic (exact) mass is 973 g/mol. The summed E-state index contributed by atoms with van der Waals surface area (Å²) < 4.78 is 71.8. The highest BCUT2D eigenvalue weighted by Gasteiger charge is 2.55. The van der Waals surface area contributed by atoms with E-state index in [9.17, 15) is 0 Å². The lowest BCUT2D eigenvalue weighted by atomic mass is 9.94. The highest BCUT2D eigenvalue weighted by molar-refractivity contribution is 5.21. The first-order chi connectivity index (χ1) is 35.5. The standard InChI is InChI=1S/C61H67NO10/c1-44-34-35-45(2)62(44)54-57(67-39-49-28-16-7-17-29-49)55(66-38-48-26-14-6-15-27-48)52(42-64-36-46-22-10-4-11-23-46)70-60(54)72-56-53(43-65-37-47-24-12-5-13-25-47)71-61(63-3)59(69-41-51-32-20-9-21-33-51)58(56)68-40-50-30-18-8-19-31-50/h4-35,52-61H,36-43H2,1-3H3/t52-,53-,54-,55-,56-,57-,58+,59-,60+,61+/m1/s1. The zero-order valence-electron chi connectivity index (χ0n) is 41.4. The van der Waals surface area contributed by atoms with Gasteiger partial charge in [-0.2, -0.15) is 0 Å². The summed E-state index contributed by atoms with van der Waals surface area (Å²) in [5.41, 5.74) is 8.12. The zero-order valence-corrected chi connectivity index (χ0v) is 41.4. The highest BCUT2D eigenvalue weighted by atomic mass is 16.8. The molecule has 11 nitrogen and oxygen atoms in total. The molecule has 0 radical (unpaired) electrons. The Balaban J connectivity index is 1.13. The second kappa shape index (κ2) is 26.2. The third kappa shape index (κ3) is 13.6. The molecule has 376 valence electrons. The molecule has 0 saturated carbocycles. The summed E-state index contributed by atoms with van der Waals surface area (Å²) in [5, 5.41) is 0. The summed E-state index contributed by atoms with van der Waals surface area (Å²) in [5.74, 6) is 0. The van der Waals surface area contributed by atoms with Crippen LogP contribution in [0.15, 0.2) is 194 Å². The van der Waals surface area contributed by atoms with Crippen LogP contribution in [0.2, 0.25) is 0 Å². The number of benzene rings is 6. The largest absolute Gasteiger partial charge is 0.374 e. The SMILES string of the molecule is CO[C@H]1O[C@H](COCc2ccccc2)[C@@H](O[C@@H]2O[C@H](COCc3ccccc3)[C@@H](OCc3ccccc3)[C@H](OCc3ccccc3)[C@H]2n2c(C)ccc2C)[C@H](OCc2ccccc2)[C@H]1OCc1ccccc1. The van der Waals surface area contributed by atoms with Crippen molar-refractivity contribution in [2.24, 2.45) is 0 Å². The first-order valence-corrected chi connectivity index (χ1v) is 25.0. The fraction of sp³-hybridized carbons (Fsp3) is 0.344. The number of nitrogens with zero attached hydrogens (tertiary/aromatic N) is 1. The molecule has 11 heteroatoms. The van der Waals surface area contributed by atoms with Crippen molar-refractivity contribution in [3.05, 3.63) is 239 Å². The van der Waals surface area contributed by atoms with Gasteiger partial charge in [0.2, 0.25) is 0 Å². The van der Waals surface area contributed by atoms with Crippen molar-refractivity contribution in [2.75, 3.05) is 20.3 Å². The minimum atomic E-state index is -0.973. The summed E-state index contributed by atoms with van der Waals surface area (Å²) in [6.45, 7) is 6.44. The van der Waals surface area contributed by atoms with Crippen LogP contribution in [0.3, 0.4) is 0 Å². The van der Waals surface area contributed by atoms with Gasteiger partial charge >= 0.3 is 0 Å². The molecule has 2 saturated heterocycles. The minimum absolute atomic E-state index is 0.148. The summed E-state index contributed by atoms with van der Waals surface area (Å²) >= 11 is 0. The highest BCUT2D eigenvalue weighted by Crippen LogP contribution is 2.41. The maximum Gasteiger partial charge on any atom is 0.186 e.